The van der Waals surface area contributed by atoms with Crippen LogP contribution in [0.1, 0.15) is 16.9 Å². The van der Waals surface area contributed by atoms with Crippen LogP contribution in [0.2, 0.25) is 0 Å². The van der Waals surface area contributed by atoms with Crippen molar-refractivity contribution in [2.45, 2.75) is 13.8 Å². The van der Waals surface area contributed by atoms with E-state index in [1.165, 1.54) is 6.08 Å². The van der Waals surface area contributed by atoms with Crippen molar-refractivity contribution in [1.29, 1.82) is 0 Å². The minimum Gasteiger partial charge on any atom is -0.456 e. The molecule has 8 nitrogen and oxygen atoms in total. The van der Waals surface area contributed by atoms with Crippen molar-refractivity contribution in [2.24, 2.45) is 0 Å². The van der Waals surface area contributed by atoms with Crippen molar-refractivity contribution in [3.05, 3.63) is 52.4 Å². The molecule has 1 saturated heterocycles. The minimum atomic E-state index is -3.40. The molecular formula is C20H17N3O5S2. The van der Waals surface area contributed by atoms with E-state index in [1.807, 2.05) is 26.0 Å². The highest BCUT2D eigenvalue weighted by molar-refractivity contribution is 8.18. The molecule has 10 heteroatoms. The van der Waals surface area contributed by atoms with Gasteiger partial charge >= 0.3 is 0 Å². The molecule has 3 heterocycles. The van der Waals surface area contributed by atoms with Gasteiger partial charge in [-0.25, -0.2) is 8.42 Å². The SMILES string of the molecule is Cc1cc(-c2cncc3cc(/C=C4/SC(=O)NC4=O)oc23)cc(C)c1NS(C)(=O)=O. The largest absolute Gasteiger partial charge is 0.456 e. The third-order valence-corrected chi connectivity index (χ3v) is 5.87. The predicted octanol–water partition coefficient (Wildman–Crippen LogP) is 3.81. The van der Waals surface area contributed by atoms with Crippen molar-refractivity contribution in [1.82, 2.24) is 10.3 Å². The number of hydrogen-bond donors (Lipinski definition) is 2. The second kappa shape index (κ2) is 7.29. The lowest BCUT2D eigenvalue weighted by Gasteiger charge is -2.13. The Balaban J connectivity index is 1.79. The molecule has 0 saturated carbocycles. The Hall–Kier alpha value is -3.11. The minimum absolute atomic E-state index is 0.261. The number of rotatable bonds is 4. The van der Waals surface area contributed by atoms with Crippen LogP contribution in [-0.4, -0.2) is 30.8 Å². The summed E-state index contributed by atoms with van der Waals surface area (Å²) in [7, 11) is -3.40. The van der Waals surface area contributed by atoms with Gasteiger partial charge in [0, 0.05) is 29.4 Å². The summed E-state index contributed by atoms with van der Waals surface area (Å²) in [5, 5.41) is 2.53. The van der Waals surface area contributed by atoms with E-state index in [0.29, 0.717) is 17.0 Å². The zero-order chi connectivity index (χ0) is 21.6. The van der Waals surface area contributed by atoms with Gasteiger partial charge in [0.25, 0.3) is 11.1 Å². The molecule has 4 rings (SSSR count). The van der Waals surface area contributed by atoms with E-state index in [-0.39, 0.29) is 4.91 Å². The van der Waals surface area contributed by atoms with Crippen molar-refractivity contribution in [3.63, 3.8) is 0 Å². The van der Waals surface area contributed by atoms with Crippen LogP contribution in [0.4, 0.5) is 10.5 Å². The summed E-state index contributed by atoms with van der Waals surface area (Å²) in [5.74, 6) is -0.0283. The predicted molar refractivity (Wildman–Crippen MR) is 116 cm³/mol. The highest BCUT2D eigenvalue weighted by Gasteiger charge is 2.25. The number of imide groups is 1. The first-order chi connectivity index (χ1) is 14.1. The Bertz CT molecular complexity index is 1330. The summed E-state index contributed by atoms with van der Waals surface area (Å²) in [6.45, 7) is 3.64. The van der Waals surface area contributed by atoms with Gasteiger partial charge < -0.3 is 4.42 Å². The molecule has 0 unspecified atom stereocenters. The van der Waals surface area contributed by atoms with Gasteiger partial charge in [0.15, 0.2) is 0 Å². The van der Waals surface area contributed by atoms with Gasteiger partial charge in [0.1, 0.15) is 11.3 Å². The Labute approximate surface area is 176 Å². The van der Waals surface area contributed by atoms with E-state index in [4.69, 9.17) is 4.42 Å². The average Bonchev–Trinajstić information content (AvgIpc) is 3.19. The first kappa shape index (κ1) is 20.2. The number of benzene rings is 1. The zero-order valence-corrected chi connectivity index (χ0v) is 17.9. The standard InChI is InChI=1S/C20H17N3O5S2/c1-10-4-12(5-11(2)17(10)23-30(3,26)27)15-9-21-8-13-6-14(28-18(13)15)7-16-19(24)22-20(25)29-16/h4-9,23H,1-3H3,(H,22,24,25)/b16-7+. The van der Waals surface area contributed by atoms with Crippen LogP contribution in [0.3, 0.4) is 0 Å². The summed E-state index contributed by atoms with van der Waals surface area (Å²) in [5.41, 5.74) is 4.19. The maximum absolute atomic E-state index is 11.8. The smallest absolute Gasteiger partial charge is 0.290 e. The number of amides is 2. The number of fused-ring (bicyclic) bond motifs is 1. The zero-order valence-electron chi connectivity index (χ0n) is 16.3. The van der Waals surface area contributed by atoms with E-state index in [2.05, 4.69) is 15.0 Å². The summed E-state index contributed by atoms with van der Waals surface area (Å²) in [4.78, 5) is 27.7. The molecule has 0 spiro atoms. The van der Waals surface area contributed by atoms with Gasteiger partial charge in [-0.2, -0.15) is 0 Å². The second-order valence-electron chi connectivity index (χ2n) is 6.97. The molecule has 0 bridgehead atoms. The Morgan fingerprint density at radius 2 is 1.83 bits per heavy atom. The van der Waals surface area contributed by atoms with E-state index < -0.39 is 21.2 Å². The summed E-state index contributed by atoms with van der Waals surface area (Å²) in [6, 6.07) is 5.46. The van der Waals surface area contributed by atoms with E-state index in [9.17, 15) is 18.0 Å². The normalized spacial score (nSPS) is 15.8. The molecule has 154 valence electrons. The van der Waals surface area contributed by atoms with Crippen LogP contribution < -0.4 is 10.0 Å². The van der Waals surface area contributed by atoms with Gasteiger partial charge in [-0.15, -0.1) is 0 Å². The average molecular weight is 444 g/mol. The summed E-state index contributed by atoms with van der Waals surface area (Å²) >= 11 is 0.819. The molecule has 0 radical (unpaired) electrons. The van der Waals surface area contributed by atoms with Crippen LogP contribution >= 0.6 is 11.8 Å². The second-order valence-corrected chi connectivity index (χ2v) is 9.73. The molecule has 1 aromatic carbocycles. The van der Waals surface area contributed by atoms with E-state index in [0.717, 1.165) is 45.7 Å². The summed E-state index contributed by atoms with van der Waals surface area (Å²) in [6.07, 6.45) is 5.95. The topological polar surface area (TPSA) is 118 Å². The van der Waals surface area contributed by atoms with Gasteiger partial charge in [-0.3, -0.25) is 24.6 Å². The molecule has 0 aliphatic carbocycles. The Morgan fingerprint density at radius 3 is 2.43 bits per heavy atom. The van der Waals surface area contributed by atoms with Crippen LogP contribution in [-0.2, 0) is 14.8 Å². The number of carbonyl (C=O) groups is 2. The summed E-state index contributed by atoms with van der Waals surface area (Å²) < 4.78 is 31.8. The molecule has 2 N–H and O–H groups in total. The van der Waals surface area contributed by atoms with Gasteiger partial charge in [-0.05, 0) is 60.5 Å². The van der Waals surface area contributed by atoms with Crippen LogP contribution in [0.15, 0.2) is 39.9 Å². The first-order valence-corrected chi connectivity index (χ1v) is 11.5. The molecule has 1 fully saturated rings. The first-order valence-electron chi connectivity index (χ1n) is 8.82. The highest BCUT2D eigenvalue weighted by atomic mass is 32.2. The molecule has 0 atom stereocenters. The van der Waals surface area contributed by atoms with Crippen molar-refractivity contribution in [2.75, 3.05) is 11.0 Å². The Kier molecular flexibility index (Phi) is 4.91. The molecule has 30 heavy (non-hydrogen) atoms. The molecule has 3 aromatic rings. The molecule has 2 aromatic heterocycles. The maximum atomic E-state index is 11.8. The number of pyridine rings is 1. The third kappa shape index (κ3) is 3.96. The molecule has 1 aliphatic heterocycles. The lowest BCUT2D eigenvalue weighted by Crippen LogP contribution is -2.17. The highest BCUT2D eigenvalue weighted by Crippen LogP contribution is 2.35. The number of aromatic nitrogens is 1. The number of sulfonamides is 1. The number of thioether (sulfide) groups is 1. The molecule has 1 aliphatic rings. The molecule has 2 amide bonds. The van der Waals surface area contributed by atoms with E-state index in [1.54, 1.807) is 18.5 Å². The van der Waals surface area contributed by atoms with Crippen molar-refractivity contribution in [3.8, 4) is 11.1 Å². The number of furan rings is 1. The van der Waals surface area contributed by atoms with Crippen molar-refractivity contribution >= 4 is 55.7 Å². The third-order valence-electron chi connectivity index (χ3n) is 4.49. The fourth-order valence-corrected chi connectivity index (χ4v) is 4.63. The number of anilines is 1. The quantitative estimate of drug-likeness (QED) is 0.589. The maximum Gasteiger partial charge on any atom is 0.290 e. The fraction of sp³-hybridized carbons (Fsp3) is 0.150. The van der Waals surface area contributed by atoms with Crippen LogP contribution in [0.5, 0.6) is 0 Å². The number of aryl methyl sites for hydroxylation is 2. The number of nitrogens with one attached hydrogen (secondary N) is 2. The lowest BCUT2D eigenvalue weighted by molar-refractivity contribution is -0.115. The van der Waals surface area contributed by atoms with Gasteiger partial charge in [-0.1, -0.05) is 0 Å². The number of carbonyl (C=O) groups excluding carboxylic acids is 2. The molecular weight excluding hydrogens is 426 g/mol. The number of nitrogens with zero attached hydrogens (tertiary/aromatic N) is 1. The van der Waals surface area contributed by atoms with Gasteiger partial charge in [0.2, 0.25) is 10.0 Å². The van der Waals surface area contributed by atoms with Crippen LogP contribution in [0.25, 0.3) is 28.2 Å². The van der Waals surface area contributed by atoms with Crippen LogP contribution in [0, 0.1) is 13.8 Å². The monoisotopic (exact) mass is 443 g/mol. The van der Waals surface area contributed by atoms with Gasteiger partial charge in [0.05, 0.1) is 16.8 Å². The van der Waals surface area contributed by atoms with Crippen molar-refractivity contribution < 1.29 is 22.4 Å². The van der Waals surface area contributed by atoms with E-state index >= 15 is 0 Å². The number of hydrogen-bond acceptors (Lipinski definition) is 7. The lowest BCUT2D eigenvalue weighted by atomic mass is 9.99. The fourth-order valence-electron chi connectivity index (χ4n) is 3.27. The Morgan fingerprint density at radius 1 is 1.13 bits per heavy atom.